The molecule has 0 bridgehead atoms. The number of halogens is 2. The van der Waals surface area contributed by atoms with Crippen LogP contribution in [0.25, 0.3) is 0 Å². The van der Waals surface area contributed by atoms with Gasteiger partial charge < -0.3 is 15.5 Å². The van der Waals surface area contributed by atoms with Crippen LogP contribution in [0.1, 0.15) is 34.7 Å². The number of rotatable bonds is 4. The van der Waals surface area contributed by atoms with Crippen molar-refractivity contribution >= 4 is 36.5 Å². The topological polar surface area (TPSA) is 62.5 Å². The molecule has 0 saturated carbocycles. The van der Waals surface area contributed by atoms with Gasteiger partial charge in [0.05, 0.1) is 5.56 Å². The Hall–Kier alpha value is -1.82. The molecule has 2 aliphatic rings. The Morgan fingerprint density at radius 2 is 1.75 bits per heavy atom. The molecule has 4 rings (SSSR count). The molecule has 1 aromatic carbocycles. The largest absolute Gasteiger partial charge is 0.356 e. The average Bonchev–Trinajstić information content (AvgIpc) is 3.38. The molecule has 28 heavy (non-hydrogen) atoms. The van der Waals surface area contributed by atoms with Crippen molar-refractivity contribution in [3.05, 3.63) is 59.8 Å². The standard InChI is InChI=1S/C21H26N4O.2ClH/c22-13-17-14-25(15-19(17)16-7-2-1-3-8-16)21(26)18-9-6-10-23-20(18)24-11-4-5-12-24;;/h1-3,6-10,17,19H,4-5,11-15,22H2;2*1H/t17-,19+;;/m1../s1. The third-order valence-electron chi connectivity index (χ3n) is 5.68. The molecular formula is C21H28Cl2N4O. The van der Waals surface area contributed by atoms with Gasteiger partial charge in [0, 0.05) is 38.3 Å². The number of amides is 1. The van der Waals surface area contributed by atoms with E-state index in [9.17, 15) is 4.79 Å². The third kappa shape index (κ3) is 4.43. The Kier molecular flexibility index (Phi) is 8.10. The lowest BCUT2D eigenvalue weighted by Crippen LogP contribution is -2.32. The molecular weight excluding hydrogens is 395 g/mol. The van der Waals surface area contributed by atoms with Gasteiger partial charge in [0.1, 0.15) is 5.82 Å². The molecule has 2 atom stereocenters. The number of aromatic nitrogens is 1. The van der Waals surface area contributed by atoms with Crippen molar-refractivity contribution in [3.63, 3.8) is 0 Å². The van der Waals surface area contributed by atoms with Crippen molar-refractivity contribution in [2.75, 3.05) is 37.6 Å². The Balaban J connectivity index is 0.00000140. The highest BCUT2D eigenvalue weighted by molar-refractivity contribution is 5.99. The van der Waals surface area contributed by atoms with Crippen molar-refractivity contribution < 1.29 is 4.79 Å². The van der Waals surface area contributed by atoms with E-state index in [1.807, 2.05) is 23.1 Å². The van der Waals surface area contributed by atoms with Crippen molar-refractivity contribution in [1.82, 2.24) is 9.88 Å². The number of carbonyl (C=O) groups is 1. The van der Waals surface area contributed by atoms with E-state index in [0.717, 1.165) is 31.0 Å². The Morgan fingerprint density at radius 3 is 2.43 bits per heavy atom. The molecule has 0 unspecified atom stereocenters. The summed E-state index contributed by atoms with van der Waals surface area (Å²) in [4.78, 5) is 22.0. The summed E-state index contributed by atoms with van der Waals surface area (Å²) in [5.74, 6) is 1.52. The zero-order chi connectivity index (χ0) is 17.9. The number of pyridine rings is 1. The molecule has 3 heterocycles. The van der Waals surface area contributed by atoms with Crippen LogP contribution in [0, 0.1) is 5.92 Å². The second kappa shape index (κ2) is 10.1. The zero-order valence-corrected chi connectivity index (χ0v) is 17.5. The first-order chi connectivity index (χ1) is 12.8. The predicted octanol–water partition coefficient (Wildman–Crippen LogP) is 3.34. The van der Waals surface area contributed by atoms with Gasteiger partial charge in [0.25, 0.3) is 5.91 Å². The van der Waals surface area contributed by atoms with Gasteiger partial charge in [-0.05, 0) is 43.0 Å². The van der Waals surface area contributed by atoms with Crippen LogP contribution in [-0.2, 0) is 0 Å². The van der Waals surface area contributed by atoms with Gasteiger partial charge in [-0.1, -0.05) is 30.3 Å². The minimum Gasteiger partial charge on any atom is -0.356 e. The smallest absolute Gasteiger partial charge is 0.257 e. The number of hydrogen-bond donors (Lipinski definition) is 1. The number of nitrogens with zero attached hydrogens (tertiary/aromatic N) is 3. The fourth-order valence-electron chi connectivity index (χ4n) is 4.27. The highest BCUT2D eigenvalue weighted by Crippen LogP contribution is 2.34. The van der Waals surface area contributed by atoms with E-state index >= 15 is 0 Å². The van der Waals surface area contributed by atoms with Crippen molar-refractivity contribution in [3.8, 4) is 0 Å². The summed E-state index contributed by atoms with van der Waals surface area (Å²) in [6, 6.07) is 14.2. The van der Waals surface area contributed by atoms with Crippen LogP contribution in [-0.4, -0.2) is 48.5 Å². The molecule has 152 valence electrons. The molecule has 2 aromatic rings. The molecule has 2 N–H and O–H groups in total. The summed E-state index contributed by atoms with van der Waals surface area (Å²) >= 11 is 0. The van der Waals surface area contributed by atoms with E-state index in [1.165, 1.54) is 18.4 Å². The highest BCUT2D eigenvalue weighted by atomic mass is 35.5. The maximum atomic E-state index is 13.3. The number of nitrogens with two attached hydrogens (primary N) is 1. The first-order valence-electron chi connectivity index (χ1n) is 9.52. The predicted molar refractivity (Wildman–Crippen MR) is 118 cm³/mol. The zero-order valence-electron chi connectivity index (χ0n) is 15.9. The van der Waals surface area contributed by atoms with Gasteiger partial charge in [-0.3, -0.25) is 4.79 Å². The number of anilines is 1. The lowest BCUT2D eigenvalue weighted by molar-refractivity contribution is 0.0786. The summed E-state index contributed by atoms with van der Waals surface area (Å²) < 4.78 is 0. The van der Waals surface area contributed by atoms with Crippen LogP contribution in [0.5, 0.6) is 0 Å². The van der Waals surface area contributed by atoms with E-state index in [4.69, 9.17) is 5.73 Å². The molecule has 2 aliphatic heterocycles. The molecule has 0 radical (unpaired) electrons. The fraction of sp³-hybridized carbons (Fsp3) is 0.429. The molecule has 0 aliphatic carbocycles. The summed E-state index contributed by atoms with van der Waals surface area (Å²) in [6.07, 6.45) is 4.11. The second-order valence-corrected chi connectivity index (χ2v) is 7.29. The molecule has 5 nitrogen and oxygen atoms in total. The van der Waals surface area contributed by atoms with E-state index in [1.54, 1.807) is 6.20 Å². The first-order valence-corrected chi connectivity index (χ1v) is 9.52. The van der Waals surface area contributed by atoms with Crippen LogP contribution >= 0.6 is 24.8 Å². The second-order valence-electron chi connectivity index (χ2n) is 7.29. The van der Waals surface area contributed by atoms with Crippen LogP contribution < -0.4 is 10.6 Å². The summed E-state index contributed by atoms with van der Waals surface area (Å²) in [5.41, 5.74) is 8.02. The van der Waals surface area contributed by atoms with Crippen molar-refractivity contribution in [2.24, 2.45) is 11.7 Å². The lowest BCUT2D eigenvalue weighted by Gasteiger charge is -2.22. The summed E-state index contributed by atoms with van der Waals surface area (Å²) in [6.45, 7) is 3.99. The maximum absolute atomic E-state index is 13.3. The maximum Gasteiger partial charge on any atom is 0.257 e. The minimum absolute atomic E-state index is 0. The summed E-state index contributed by atoms with van der Waals surface area (Å²) in [5, 5.41) is 0. The normalized spacial score (nSPS) is 21.2. The molecule has 0 spiro atoms. The van der Waals surface area contributed by atoms with Crippen LogP contribution in [0.15, 0.2) is 48.7 Å². The third-order valence-corrected chi connectivity index (χ3v) is 5.68. The minimum atomic E-state index is 0. The van der Waals surface area contributed by atoms with Crippen molar-refractivity contribution in [1.29, 1.82) is 0 Å². The van der Waals surface area contributed by atoms with E-state index in [2.05, 4.69) is 34.1 Å². The Bertz CT molecular complexity index is 768. The van der Waals surface area contributed by atoms with E-state index in [-0.39, 0.29) is 30.7 Å². The lowest BCUT2D eigenvalue weighted by atomic mass is 9.89. The number of likely N-dealkylation sites (tertiary alicyclic amines) is 1. The SMILES string of the molecule is Cl.Cl.NC[C@@H]1CN(C(=O)c2cccnc2N2CCCC2)C[C@H]1c1ccccc1. The molecule has 7 heteroatoms. The van der Waals surface area contributed by atoms with Gasteiger partial charge in [-0.15, -0.1) is 24.8 Å². The van der Waals surface area contributed by atoms with Crippen LogP contribution in [0.4, 0.5) is 5.82 Å². The van der Waals surface area contributed by atoms with Gasteiger partial charge in [-0.2, -0.15) is 0 Å². The molecule has 2 saturated heterocycles. The van der Waals surface area contributed by atoms with Crippen LogP contribution in [0.3, 0.4) is 0 Å². The van der Waals surface area contributed by atoms with Gasteiger partial charge >= 0.3 is 0 Å². The quantitative estimate of drug-likeness (QED) is 0.820. The summed E-state index contributed by atoms with van der Waals surface area (Å²) in [7, 11) is 0. The van der Waals surface area contributed by atoms with E-state index < -0.39 is 0 Å². The highest BCUT2D eigenvalue weighted by Gasteiger charge is 2.36. The van der Waals surface area contributed by atoms with Crippen molar-refractivity contribution in [2.45, 2.75) is 18.8 Å². The average molecular weight is 423 g/mol. The molecule has 1 amide bonds. The van der Waals surface area contributed by atoms with Gasteiger partial charge in [-0.25, -0.2) is 4.98 Å². The first kappa shape index (κ1) is 22.5. The van der Waals surface area contributed by atoms with E-state index in [0.29, 0.717) is 24.9 Å². The van der Waals surface area contributed by atoms with Gasteiger partial charge in [0.2, 0.25) is 0 Å². The number of carbonyl (C=O) groups excluding carboxylic acids is 1. The fourth-order valence-corrected chi connectivity index (χ4v) is 4.27. The monoisotopic (exact) mass is 422 g/mol. The number of benzene rings is 1. The molecule has 1 aromatic heterocycles. The Morgan fingerprint density at radius 1 is 1.04 bits per heavy atom. The number of hydrogen-bond acceptors (Lipinski definition) is 4. The molecule has 2 fully saturated rings. The van der Waals surface area contributed by atoms with Gasteiger partial charge in [0.15, 0.2) is 0 Å². The Labute approximate surface area is 179 Å². The van der Waals surface area contributed by atoms with Crippen LogP contribution in [0.2, 0.25) is 0 Å².